The van der Waals surface area contributed by atoms with Gasteiger partial charge in [-0.05, 0) is 25.3 Å². The van der Waals surface area contributed by atoms with E-state index in [4.69, 9.17) is 9.47 Å². The van der Waals surface area contributed by atoms with Crippen LogP contribution in [-0.2, 0) is 9.47 Å². The summed E-state index contributed by atoms with van der Waals surface area (Å²) in [6.45, 7) is 2.10. The molecule has 0 bridgehead atoms. The maximum Gasteiger partial charge on any atom is 0.0780 e. The van der Waals surface area contributed by atoms with E-state index in [-0.39, 0.29) is 0 Å². The van der Waals surface area contributed by atoms with Gasteiger partial charge in [-0.25, -0.2) is 0 Å². The van der Waals surface area contributed by atoms with Crippen molar-refractivity contribution >= 4 is 0 Å². The van der Waals surface area contributed by atoms with Crippen LogP contribution in [0.25, 0.3) is 0 Å². The molecule has 0 aliphatic heterocycles. The first-order valence-corrected chi connectivity index (χ1v) is 4.02. The molecule has 2 unspecified atom stereocenters. The van der Waals surface area contributed by atoms with E-state index in [9.17, 15) is 0 Å². The Morgan fingerprint density at radius 3 is 2.45 bits per heavy atom. The Morgan fingerprint density at radius 1 is 1.27 bits per heavy atom. The molecule has 0 aromatic heterocycles. The molecule has 0 radical (unpaired) electrons. The van der Waals surface area contributed by atoms with E-state index in [1.54, 1.807) is 14.2 Å². The molecule has 2 nitrogen and oxygen atoms in total. The van der Waals surface area contributed by atoms with Crippen LogP contribution < -0.4 is 0 Å². The van der Waals surface area contributed by atoms with Gasteiger partial charge in [0.2, 0.25) is 0 Å². The molecule has 0 N–H and O–H groups in total. The van der Waals surface area contributed by atoms with Gasteiger partial charge in [0, 0.05) is 14.2 Å². The third-order valence-corrected chi connectivity index (χ3v) is 2.26. The summed E-state index contributed by atoms with van der Waals surface area (Å²) >= 11 is 0. The molecule has 0 fully saturated rings. The zero-order valence-electron chi connectivity index (χ0n) is 7.46. The fourth-order valence-electron chi connectivity index (χ4n) is 1.52. The zero-order valence-corrected chi connectivity index (χ0v) is 7.46. The van der Waals surface area contributed by atoms with Gasteiger partial charge in [-0.3, -0.25) is 0 Å². The lowest BCUT2D eigenvalue weighted by atomic mass is 9.96. The molecular formula is C9H16O2. The van der Waals surface area contributed by atoms with Crippen molar-refractivity contribution in [2.24, 2.45) is 0 Å². The van der Waals surface area contributed by atoms with Crippen molar-refractivity contribution in [1.29, 1.82) is 0 Å². The second-order valence-corrected chi connectivity index (χ2v) is 2.99. The molecule has 0 saturated carbocycles. The summed E-state index contributed by atoms with van der Waals surface area (Å²) in [5.74, 6) is 0. The Labute approximate surface area is 68.2 Å². The van der Waals surface area contributed by atoms with Crippen molar-refractivity contribution in [2.75, 3.05) is 14.2 Å². The highest BCUT2D eigenvalue weighted by molar-refractivity contribution is 5.12. The third kappa shape index (κ3) is 2.04. The number of ether oxygens (including phenoxy) is 2. The highest BCUT2D eigenvalue weighted by Gasteiger charge is 2.18. The first-order valence-electron chi connectivity index (χ1n) is 4.02. The largest absolute Gasteiger partial charge is 0.377 e. The molecule has 1 rings (SSSR count). The van der Waals surface area contributed by atoms with Crippen LogP contribution >= 0.6 is 0 Å². The van der Waals surface area contributed by atoms with Crippen molar-refractivity contribution in [3.8, 4) is 0 Å². The second-order valence-electron chi connectivity index (χ2n) is 2.99. The lowest BCUT2D eigenvalue weighted by Crippen LogP contribution is -2.23. The second kappa shape index (κ2) is 3.88. The van der Waals surface area contributed by atoms with E-state index in [0.29, 0.717) is 12.2 Å². The molecule has 0 heterocycles. The van der Waals surface area contributed by atoms with Crippen LogP contribution in [0.1, 0.15) is 19.8 Å². The third-order valence-electron chi connectivity index (χ3n) is 2.26. The Bertz CT molecular complexity index is 152. The fourth-order valence-corrected chi connectivity index (χ4v) is 1.52. The van der Waals surface area contributed by atoms with Crippen molar-refractivity contribution in [2.45, 2.75) is 32.0 Å². The fraction of sp³-hybridized carbons (Fsp3) is 0.778. The minimum Gasteiger partial charge on any atom is -0.377 e. The van der Waals surface area contributed by atoms with Gasteiger partial charge in [-0.15, -0.1) is 0 Å². The maximum atomic E-state index is 5.27. The molecule has 11 heavy (non-hydrogen) atoms. The summed E-state index contributed by atoms with van der Waals surface area (Å²) < 4.78 is 10.5. The van der Waals surface area contributed by atoms with Crippen LogP contribution in [0.2, 0.25) is 0 Å². The first-order chi connectivity index (χ1) is 5.27. The summed E-state index contributed by atoms with van der Waals surface area (Å²) in [6, 6.07) is 0. The van der Waals surface area contributed by atoms with Crippen molar-refractivity contribution in [3.05, 3.63) is 11.6 Å². The van der Waals surface area contributed by atoms with Gasteiger partial charge in [-0.1, -0.05) is 6.08 Å². The number of methoxy groups -OCH3 is 2. The van der Waals surface area contributed by atoms with Gasteiger partial charge in [0.15, 0.2) is 0 Å². The average molecular weight is 156 g/mol. The first kappa shape index (κ1) is 8.75. The maximum absolute atomic E-state index is 5.27. The minimum atomic E-state index is 0.307. The van der Waals surface area contributed by atoms with E-state index < -0.39 is 0 Å². The molecule has 64 valence electrons. The predicted molar refractivity (Wildman–Crippen MR) is 44.6 cm³/mol. The van der Waals surface area contributed by atoms with Gasteiger partial charge in [0.25, 0.3) is 0 Å². The van der Waals surface area contributed by atoms with E-state index in [2.05, 4.69) is 13.0 Å². The van der Waals surface area contributed by atoms with Crippen LogP contribution in [0.5, 0.6) is 0 Å². The van der Waals surface area contributed by atoms with Crippen LogP contribution in [-0.4, -0.2) is 26.4 Å². The van der Waals surface area contributed by atoms with Crippen LogP contribution in [0.15, 0.2) is 11.6 Å². The van der Waals surface area contributed by atoms with Gasteiger partial charge in [-0.2, -0.15) is 0 Å². The summed E-state index contributed by atoms with van der Waals surface area (Å²) in [6.07, 6.45) is 4.93. The monoisotopic (exact) mass is 156 g/mol. The Hall–Kier alpha value is -0.340. The van der Waals surface area contributed by atoms with Crippen LogP contribution in [0, 0.1) is 0 Å². The van der Waals surface area contributed by atoms with Crippen molar-refractivity contribution < 1.29 is 9.47 Å². The summed E-state index contributed by atoms with van der Waals surface area (Å²) in [7, 11) is 3.51. The van der Waals surface area contributed by atoms with Crippen molar-refractivity contribution in [3.63, 3.8) is 0 Å². The molecule has 0 amide bonds. The summed E-state index contributed by atoms with van der Waals surface area (Å²) in [4.78, 5) is 0. The normalized spacial score (nSPS) is 31.7. The summed E-state index contributed by atoms with van der Waals surface area (Å²) in [5, 5.41) is 0. The molecular weight excluding hydrogens is 140 g/mol. The van der Waals surface area contributed by atoms with Gasteiger partial charge in [0.1, 0.15) is 0 Å². The molecule has 0 aromatic rings. The quantitative estimate of drug-likeness (QED) is 0.567. The molecule has 0 spiro atoms. The average Bonchev–Trinajstić information content (AvgIpc) is 2.04. The molecule has 2 atom stereocenters. The number of hydrogen-bond acceptors (Lipinski definition) is 2. The standard InChI is InChI=1S/C9H16O2/c1-7-6-8(10-2)4-5-9(7)11-3/h6,8-9H,4-5H2,1-3H3. The Morgan fingerprint density at radius 2 is 2.00 bits per heavy atom. The van der Waals surface area contributed by atoms with Gasteiger partial charge < -0.3 is 9.47 Å². The SMILES string of the molecule is COC1C=C(C)C(OC)CC1. The van der Waals surface area contributed by atoms with Gasteiger partial charge >= 0.3 is 0 Å². The lowest BCUT2D eigenvalue weighted by Gasteiger charge is -2.25. The van der Waals surface area contributed by atoms with Crippen LogP contribution in [0.4, 0.5) is 0 Å². The highest BCUT2D eigenvalue weighted by atomic mass is 16.5. The summed E-state index contributed by atoms with van der Waals surface area (Å²) in [5.41, 5.74) is 1.30. The van der Waals surface area contributed by atoms with E-state index in [1.165, 1.54) is 5.57 Å². The lowest BCUT2D eigenvalue weighted by molar-refractivity contribution is 0.0727. The highest BCUT2D eigenvalue weighted by Crippen LogP contribution is 2.21. The minimum absolute atomic E-state index is 0.307. The predicted octanol–water partition coefficient (Wildman–Crippen LogP) is 1.76. The number of rotatable bonds is 2. The van der Waals surface area contributed by atoms with Crippen LogP contribution in [0.3, 0.4) is 0 Å². The molecule has 2 heteroatoms. The van der Waals surface area contributed by atoms with E-state index in [0.717, 1.165) is 12.8 Å². The molecule has 1 aliphatic rings. The molecule has 0 aromatic carbocycles. The van der Waals surface area contributed by atoms with E-state index in [1.807, 2.05) is 0 Å². The zero-order chi connectivity index (χ0) is 8.27. The Balaban J connectivity index is 2.56. The topological polar surface area (TPSA) is 18.5 Å². The van der Waals surface area contributed by atoms with E-state index >= 15 is 0 Å². The van der Waals surface area contributed by atoms with Gasteiger partial charge in [0.05, 0.1) is 12.2 Å². The molecule has 0 saturated heterocycles. The van der Waals surface area contributed by atoms with Crippen molar-refractivity contribution in [1.82, 2.24) is 0 Å². The Kier molecular flexibility index (Phi) is 3.09. The number of hydrogen-bond donors (Lipinski definition) is 0. The smallest absolute Gasteiger partial charge is 0.0780 e. The molecule has 1 aliphatic carbocycles.